The number of hydrogen-bond donors (Lipinski definition) is 0. The molecular weight excluding hydrogens is 372 g/mol. The molecule has 1 aromatic heterocycles. The van der Waals surface area contributed by atoms with E-state index in [4.69, 9.17) is 9.47 Å². The summed E-state index contributed by atoms with van der Waals surface area (Å²) in [7, 11) is 0. The lowest BCUT2D eigenvalue weighted by Gasteiger charge is -2.28. The van der Waals surface area contributed by atoms with Gasteiger partial charge in [-0.15, -0.1) is 0 Å². The normalized spacial score (nSPS) is 18.3. The summed E-state index contributed by atoms with van der Waals surface area (Å²) >= 11 is 0. The van der Waals surface area contributed by atoms with Gasteiger partial charge < -0.3 is 14.4 Å². The molecule has 0 saturated carbocycles. The van der Waals surface area contributed by atoms with E-state index in [0.29, 0.717) is 37.2 Å². The highest BCUT2D eigenvalue weighted by Gasteiger charge is 2.39. The Hall–Kier alpha value is -2.44. The molecule has 0 spiro atoms. The van der Waals surface area contributed by atoms with E-state index in [1.165, 1.54) is 0 Å². The molecule has 1 unspecified atom stereocenters. The molecule has 0 aliphatic carbocycles. The Morgan fingerprint density at radius 2 is 1.86 bits per heavy atom. The number of aromatic nitrogens is 1. The molecule has 0 radical (unpaired) electrons. The van der Waals surface area contributed by atoms with E-state index < -0.39 is 17.1 Å². The van der Waals surface area contributed by atoms with Crippen molar-refractivity contribution >= 4 is 18.3 Å². The third-order valence-corrected chi connectivity index (χ3v) is 4.56. The predicted octanol–water partition coefficient (Wildman–Crippen LogP) is 3.65. The quantitative estimate of drug-likeness (QED) is 0.550. The number of carbonyl (C=O) groups is 3. The molecule has 1 aliphatic heterocycles. The van der Waals surface area contributed by atoms with Crippen molar-refractivity contribution in [3.63, 3.8) is 0 Å². The Morgan fingerprint density at radius 1 is 1.21 bits per heavy atom. The minimum absolute atomic E-state index is 0.0703. The van der Waals surface area contributed by atoms with Crippen molar-refractivity contribution in [2.45, 2.75) is 65.6 Å². The van der Waals surface area contributed by atoms with Gasteiger partial charge in [0.15, 0.2) is 0 Å². The van der Waals surface area contributed by atoms with Crippen LogP contribution in [0.25, 0.3) is 0 Å². The third kappa shape index (κ3) is 7.15. The topological polar surface area (TPSA) is 85.8 Å². The number of nitrogens with zero attached hydrogens (tertiary/aromatic N) is 2. The number of pyridine rings is 1. The first-order chi connectivity index (χ1) is 13.4. The molecule has 7 nitrogen and oxygen atoms in total. The lowest BCUT2D eigenvalue weighted by molar-refractivity contribution is -0.162. The van der Waals surface area contributed by atoms with Gasteiger partial charge in [0.25, 0.3) is 0 Å². The smallest absolute Gasteiger partial charge is 0.410 e. The summed E-state index contributed by atoms with van der Waals surface area (Å²) < 4.78 is 11.1. The van der Waals surface area contributed by atoms with Gasteiger partial charge in [0.2, 0.25) is 0 Å². The van der Waals surface area contributed by atoms with Crippen molar-refractivity contribution in [3.8, 4) is 0 Å². The first kappa shape index (κ1) is 22.8. The second-order valence-corrected chi connectivity index (χ2v) is 9.52. The van der Waals surface area contributed by atoms with Crippen molar-refractivity contribution in [1.29, 1.82) is 0 Å². The lowest BCUT2D eigenvalue weighted by atomic mass is 9.87. The third-order valence-electron chi connectivity index (χ3n) is 4.56. The Balaban J connectivity index is 2.18. The van der Waals surface area contributed by atoms with Gasteiger partial charge in [-0.3, -0.25) is 14.6 Å². The molecule has 1 amide bonds. The zero-order valence-electron chi connectivity index (χ0n) is 18.2. The van der Waals surface area contributed by atoms with Gasteiger partial charge in [0.05, 0.1) is 5.92 Å². The number of aldehydes is 1. The van der Waals surface area contributed by atoms with E-state index in [9.17, 15) is 14.4 Å². The van der Waals surface area contributed by atoms with Gasteiger partial charge in [0.1, 0.15) is 17.5 Å². The average molecular weight is 405 g/mol. The Labute approximate surface area is 172 Å². The fourth-order valence-corrected chi connectivity index (χ4v) is 3.34. The van der Waals surface area contributed by atoms with E-state index in [1.807, 2.05) is 41.5 Å². The van der Waals surface area contributed by atoms with Crippen LogP contribution < -0.4 is 0 Å². The highest BCUT2D eigenvalue weighted by molar-refractivity contribution is 5.76. The zero-order valence-corrected chi connectivity index (χ0v) is 18.2. The summed E-state index contributed by atoms with van der Waals surface area (Å²) in [6.07, 6.45) is 2.98. The van der Waals surface area contributed by atoms with Crippen LogP contribution in [-0.4, -0.2) is 52.5 Å². The van der Waals surface area contributed by atoms with E-state index in [-0.39, 0.29) is 18.0 Å². The summed E-state index contributed by atoms with van der Waals surface area (Å²) in [6, 6.07) is 3.31. The average Bonchev–Trinajstić information content (AvgIpc) is 3.06. The zero-order chi connectivity index (χ0) is 21.8. The first-order valence-corrected chi connectivity index (χ1v) is 9.99. The second-order valence-electron chi connectivity index (χ2n) is 9.52. The van der Waals surface area contributed by atoms with Crippen LogP contribution in [0.15, 0.2) is 18.3 Å². The summed E-state index contributed by atoms with van der Waals surface area (Å²) in [5.74, 6) is -0.845. The molecular formula is C22H32N2O5. The van der Waals surface area contributed by atoms with Crippen molar-refractivity contribution in [1.82, 2.24) is 9.88 Å². The highest BCUT2D eigenvalue weighted by Crippen LogP contribution is 2.30. The number of hydrogen-bond acceptors (Lipinski definition) is 6. The van der Waals surface area contributed by atoms with Crippen LogP contribution in [-0.2, 0) is 20.7 Å². The van der Waals surface area contributed by atoms with Gasteiger partial charge in [-0.1, -0.05) is 0 Å². The molecule has 2 rings (SSSR count). The molecule has 29 heavy (non-hydrogen) atoms. The molecule has 1 fully saturated rings. The molecule has 160 valence electrons. The van der Waals surface area contributed by atoms with Crippen molar-refractivity contribution in [2.75, 3.05) is 13.1 Å². The molecule has 2 heterocycles. The van der Waals surface area contributed by atoms with Gasteiger partial charge in [0, 0.05) is 37.0 Å². The standard InChI is InChI=1S/C22H32N2O5/c1-21(2,3)28-19(26)18(12-17-11-15(14-25)7-9-23-17)16-8-10-24(13-16)20(27)29-22(4,5)6/h7,9,11,14,16,18H,8,10,12-13H2,1-6H3/t16-,18?/m0/s1. The van der Waals surface area contributed by atoms with Crippen LogP contribution in [0.3, 0.4) is 0 Å². The summed E-state index contributed by atoms with van der Waals surface area (Å²) in [5, 5.41) is 0. The maximum atomic E-state index is 13.0. The molecule has 0 bridgehead atoms. The fourth-order valence-electron chi connectivity index (χ4n) is 3.34. The summed E-state index contributed by atoms with van der Waals surface area (Å²) in [4.78, 5) is 42.4. The Bertz CT molecular complexity index is 748. The van der Waals surface area contributed by atoms with Crippen molar-refractivity contribution < 1.29 is 23.9 Å². The van der Waals surface area contributed by atoms with Gasteiger partial charge in [-0.25, -0.2) is 4.79 Å². The number of carbonyl (C=O) groups excluding carboxylic acids is 3. The van der Waals surface area contributed by atoms with Crippen LogP contribution >= 0.6 is 0 Å². The number of likely N-dealkylation sites (tertiary alicyclic amines) is 1. The van der Waals surface area contributed by atoms with Crippen LogP contribution in [0.5, 0.6) is 0 Å². The first-order valence-electron chi connectivity index (χ1n) is 9.99. The highest BCUT2D eigenvalue weighted by atomic mass is 16.6. The van der Waals surface area contributed by atoms with Crippen LogP contribution in [0.2, 0.25) is 0 Å². The number of ether oxygens (including phenoxy) is 2. The van der Waals surface area contributed by atoms with E-state index in [0.717, 1.165) is 6.29 Å². The summed E-state index contributed by atoms with van der Waals surface area (Å²) in [6.45, 7) is 11.9. The van der Waals surface area contributed by atoms with Gasteiger partial charge in [-0.2, -0.15) is 0 Å². The minimum atomic E-state index is -0.614. The largest absolute Gasteiger partial charge is 0.460 e. The maximum Gasteiger partial charge on any atom is 0.410 e. The van der Waals surface area contributed by atoms with Gasteiger partial charge >= 0.3 is 12.1 Å². The molecule has 2 atom stereocenters. The monoisotopic (exact) mass is 404 g/mol. The Morgan fingerprint density at radius 3 is 2.45 bits per heavy atom. The molecule has 1 aromatic rings. The van der Waals surface area contributed by atoms with Crippen molar-refractivity contribution in [2.24, 2.45) is 11.8 Å². The molecule has 0 N–H and O–H groups in total. The molecule has 7 heteroatoms. The Kier molecular flexibility index (Phi) is 7.03. The van der Waals surface area contributed by atoms with Crippen LogP contribution in [0, 0.1) is 11.8 Å². The van der Waals surface area contributed by atoms with Crippen molar-refractivity contribution in [3.05, 3.63) is 29.6 Å². The van der Waals surface area contributed by atoms with E-state index >= 15 is 0 Å². The maximum absolute atomic E-state index is 13.0. The fraction of sp³-hybridized carbons (Fsp3) is 0.636. The number of rotatable bonds is 5. The SMILES string of the molecule is CC(C)(C)OC(=O)C(Cc1cc(C=O)ccn1)[C@H]1CCN(C(=O)OC(C)(C)C)C1. The second kappa shape index (κ2) is 8.93. The van der Waals surface area contributed by atoms with E-state index in [2.05, 4.69) is 4.98 Å². The lowest BCUT2D eigenvalue weighted by Crippen LogP contribution is -2.38. The number of esters is 1. The molecule has 1 saturated heterocycles. The van der Waals surface area contributed by atoms with Crippen LogP contribution in [0.4, 0.5) is 4.79 Å². The molecule has 0 aromatic carbocycles. The van der Waals surface area contributed by atoms with Crippen LogP contribution in [0.1, 0.15) is 64.0 Å². The predicted molar refractivity (Wildman–Crippen MR) is 109 cm³/mol. The summed E-state index contributed by atoms with van der Waals surface area (Å²) in [5.41, 5.74) is -0.0172. The van der Waals surface area contributed by atoms with E-state index in [1.54, 1.807) is 23.2 Å². The molecule has 1 aliphatic rings. The van der Waals surface area contributed by atoms with Gasteiger partial charge in [-0.05, 0) is 66.0 Å². The minimum Gasteiger partial charge on any atom is -0.460 e. The number of amides is 1.